The molecule has 5 nitrogen and oxygen atoms in total. The summed E-state index contributed by atoms with van der Waals surface area (Å²) in [5, 5.41) is 20.5. The van der Waals surface area contributed by atoms with E-state index in [1.807, 2.05) is 0 Å². The van der Waals surface area contributed by atoms with Crippen molar-refractivity contribution >= 4 is 5.78 Å². The first-order valence-electron chi connectivity index (χ1n) is 7.07. The van der Waals surface area contributed by atoms with Crippen LogP contribution < -0.4 is 10.1 Å². The Bertz CT molecular complexity index is 508. The van der Waals surface area contributed by atoms with Crippen molar-refractivity contribution in [2.75, 3.05) is 19.8 Å². The average Bonchev–Trinajstić information content (AvgIpc) is 2.48. The molecule has 0 bridgehead atoms. The lowest BCUT2D eigenvalue weighted by Gasteiger charge is -2.22. The predicted octanol–water partition coefficient (Wildman–Crippen LogP) is 1.53. The Balaban J connectivity index is 2.46. The van der Waals surface area contributed by atoms with E-state index in [2.05, 4.69) is 5.32 Å². The van der Waals surface area contributed by atoms with Crippen molar-refractivity contribution < 1.29 is 32.9 Å². The molecule has 0 heterocycles. The van der Waals surface area contributed by atoms with Gasteiger partial charge in [-0.05, 0) is 25.5 Å². The standard InChI is InChI=1S/C15H20F3NO4/c1-10(21)11-3-2-4-13(7-11)23-9-12(22)8-19-14(5-6-20)15(16,17)18/h2-4,7,12,14,19-20,22H,5-6,8-9H2,1H3/t12-,14-/m1/s1. The second-order valence-corrected chi connectivity index (χ2v) is 5.06. The number of alkyl halides is 3. The molecule has 0 unspecified atom stereocenters. The minimum Gasteiger partial charge on any atom is -0.491 e. The van der Waals surface area contributed by atoms with E-state index in [9.17, 15) is 23.1 Å². The number of benzene rings is 1. The average molecular weight is 335 g/mol. The zero-order valence-corrected chi connectivity index (χ0v) is 12.6. The molecule has 130 valence electrons. The van der Waals surface area contributed by atoms with E-state index in [0.29, 0.717) is 11.3 Å². The fourth-order valence-electron chi connectivity index (χ4n) is 1.85. The van der Waals surface area contributed by atoms with E-state index in [-0.39, 0.29) is 18.9 Å². The topological polar surface area (TPSA) is 78.8 Å². The minimum absolute atomic E-state index is 0.144. The summed E-state index contributed by atoms with van der Waals surface area (Å²) in [4.78, 5) is 11.2. The van der Waals surface area contributed by atoms with Gasteiger partial charge in [-0.2, -0.15) is 13.2 Å². The Morgan fingerprint density at radius 2 is 2.09 bits per heavy atom. The normalized spacial score (nSPS) is 14.3. The molecular weight excluding hydrogens is 315 g/mol. The Morgan fingerprint density at radius 1 is 1.39 bits per heavy atom. The van der Waals surface area contributed by atoms with Crippen molar-refractivity contribution in [2.24, 2.45) is 0 Å². The van der Waals surface area contributed by atoms with Gasteiger partial charge in [0, 0.05) is 18.7 Å². The van der Waals surface area contributed by atoms with Crippen LogP contribution in [0.2, 0.25) is 0 Å². The highest BCUT2D eigenvalue weighted by molar-refractivity contribution is 5.94. The molecule has 1 aromatic rings. The Kier molecular flexibility index (Phi) is 7.47. The molecule has 0 aliphatic heterocycles. The number of rotatable bonds is 9. The van der Waals surface area contributed by atoms with E-state index in [1.165, 1.54) is 13.0 Å². The number of carbonyl (C=O) groups is 1. The summed E-state index contributed by atoms with van der Waals surface area (Å²) in [6.45, 7) is 0.229. The summed E-state index contributed by atoms with van der Waals surface area (Å²) in [6, 6.07) is 4.40. The van der Waals surface area contributed by atoms with Crippen LogP contribution in [0.5, 0.6) is 5.75 Å². The molecule has 0 amide bonds. The van der Waals surface area contributed by atoms with Crippen molar-refractivity contribution in [2.45, 2.75) is 31.7 Å². The monoisotopic (exact) mass is 335 g/mol. The zero-order chi connectivity index (χ0) is 17.5. The van der Waals surface area contributed by atoms with Crippen molar-refractivity contribution in [3.63, 3.8) is 0 Å². The Hall–Kier alpha value is -1.64. The molecule has 8 heteroatoms. The third kappa shape index (κ3) is 6.98. The number of aliphatic hydroxyl groups is 2. The lowest BCUT2D eigenvalue weighted by Crippen LogP contribution is -2.46. The fraction of sp³-hybridized carbons (Fsp3) is 0.533. The van der Waals surface area contributed by atoms with Crippen LogP contribution >= 0.6 is 0 Å². The maximum atomic E-state index is 12.6. The summed E-state index contributed by atoms with van der Waals surface area (Å²) in [5.41, 5.74) is 0.440. The maximum Gasteiger partial charge on any atom is 0.403 e. The second kappa shape index (κ2) is 8.85. The van der Waals surface area contributed by atoms with Crippen molar-refractivity contribution in [1.29, 1.82) is 0 Å². The highest BCUT2D eigenvalue weighted by atomic mass is 19.4. The van der Waals surface area contributed by atoms with E-state index in [0.717, 1.165) is 0 Å². The first kappa shape index (κ1) is 19.4. The van der Waals surface area contributed by atoms with Crippen molar-refractivity contribution in [3.05, 3.63) is 29.8 Å². The van der Waals surface area contributed by atoms with Crippen LogP contribution in [0.15, 0.2) is 24.3 Å². The van der Waals surface area contributed by atoms with E-state index in [1.54, 1.807) is 18.2 Å². The first-order chi connectivity index (χ1) is 10.7. The van der Waals surface area contributed by atoms with Gasteiger partial charge in [0.15, 0.2) is 5.78 Å². The Labute approximate surface area is 132 Å². The van der Waals surface area contributed by atoms with Gasteiger partial charge in [0.05, 0.1) is 0 Å². The molecule has 0 spiro atoms. The number of ether oxygens (including phenoxy) is 1. The quantitative estimate of drug-likeness (QED) is 0.597. The van der Waals surface area contributed by atoms with Gasteiger partial charge >= 0.3 is 6.18 Å². The number of Topliss-reactive ketones (excluding diaryl/α,β-unsaturated/α-hetero) is 1. The molecule has 0 radical (unpaired) electrons. The van der Waals surface area contributed by atoms with E-state index < -0.39 is 31.3 Å². The summed E-state index contributed by atoms with van der Waals surface area (Å²) in [7, 11) is 0. The first-order valence-corrected chi connectivity index (χ1v) is 7.07. The lowest BCUT2D eigenvalue weighted by atomic mass is 10.1. The van der Waals surface area contributed by atoms with E-state index in [4.69, 9.17) is 9.84 Å². The number of nitrogens with one attached hydrogen (secondary N) is 1. The van der Waals surface area contributed by atoms with Crippen LogP contribution in [-0.2, 0) is 0 Å². The summed E-state index contributed by atoms with van der Waals surface area (Å²) in [5.74, 6) is 0.203. The van der Waals surface area contributed by atoms with Crippen molar-refractivity contribution in [3.8, 4) is 5.75 Å². The molecule has 1 rings (SSSR count). The van der Waals surface area contributed by atoms with Crippen LogP contribution in [0, 0.1) is 0 Å². The summed E-state index contributed by atoms with van der Waals surface area (Å²) in [6.07, 6.45) is -6.16. The largest absolute Gasteiger partial charge is 0.491 e. The van der Waals surface area contributed by atoms with E-state index >= 15 is 0 Å². The zero-order valence-electron chi connectivity index (χ0n) is 12.6. The predicted molar refractivity (Wildman–Crippen MR) is 77.5 cm³/mol. The van der Waals surface area contributed by atoms with Gasteiger partial charge in [-0.25, -0.2) is 0 Å². The molecule has 0 saturated carbocycles. The molecule has 0 saturated heterocycles. The highest BCUT2D eigenvalue weighted by Gasteiger charge is 2.38. The molecule has 0 aliphatic rings. The molecule has 1 aromatic carbocycles. The van der Waals surface area contributed by atoms with Crippen LogP contribution in [0.3, 0.4) is 0 Å². The minimum atomic E-state index is -4.50. The second-order valence-electron chi connectivity index (χ2n) is 5.06. The van der Waals surface area contributed by atoms with Gasteiger partial charge in [-0.3, -0.25) is 4.79 Å². The Morgan fingerprint density at radius 3 is 2.65 bits per heavy atom. The molecule has 3 N–H and O–H groups in total. The van der Waals surface area contributed by atoms with Crippen LogP contribution in [0.1, 0.15) is 23.7 Å². The molecule has 23 heavy (non-hydrogen) atoms. The number of halogens is 3. The summed E-state index contributed by atoms with van der Waals surface area (Å²) < 4.78 is 43.1. The number of carbonyl (C=O) groups excluding carboxylic acids is 1. The van der Waals surface area contributed by atoms with Gasteiger partial charge < -0.3 is 20.3 Å². The van der Waals surface area contributed by atoms with Gasteiger partial charge in [-0.1, -0.05) is 12.1 Å². The van der Waals surface area contributed by atoms with Crippen LogP contribution in [0.4, 0.5) is 13.2 Å². The maximum absolute atomic E-state index is 12.6. The van der Waals surface area contributed by atoms with Gasteiger partial charge in [-0.15, -0.1) is 0 Å². The number of hydrogen-bond donors (Lipinski definition) is 3. The number of ketones is 1. The lowest BCUT2D eigenvalue weighted by molar-refractivity contribution is -0.160. The molecule has 0 fully saturated rings. The number of hydrogen-bond acceptors (Lipinski definition) is 5. The molecule has 0 aromatic heterocycles. The van der Waals surface area contributed by atoms with Crippen LogP contribution in [-0.4, -0.2) is 54.1 Å². The van der Waals surface area contributed by atoms with Crippen molar-refractivity contribution in [1.82, 2.24) is 5.32 Å². The third-order valence-corrected chi connectivity index (χ3v) is 3.10. The smallest absolute Gasteiger partial charge is 0.403 e. The highest BCUT2D eigenvalue weighted by Crippen LogP contribution is 2.22. The van der Waals surface area contributed by atoms with Gasteiger partial charge in [0.2, 0.25) is 0 Å². The van der Waals surface area contributed by atoms with Crippen LogP contribution in [0.25, 0.3) is 0 Å². The molecule has 0 aliphatic carbocycles. The van der Waals surface area contributed by atoms with Gasteiger partial charge in [0.1, 0.15) is 24.5 Å². The number of aliphatic hydroxyl groups excluding tert-OH is 2. The molecule has 2 atom stereocenters. The van der Waals surface area contributed by atoms with Gasteiger partial charge in [0.25, 0.3) is 0 Å². The molecular formula is C15H20F3NO4. The SMILES string of the molecule is CC(=O)c1cccc(OC[C@H](O)CN[C@H](CCO)C(F)(F)F)c1. The summed E-state index contributed by atoms with van der Waals surface area (Å²) >= 11 is 0. The fourth-order valence-corrected chi connectivity index (χ4v) is 1.85. The third-order valence-electron chi connectivity index (χ3n) is 3.10.